The zero-order chi connectivity index (χ0) is 17.2. The summed E-state index contributed by atoms with van der Waals surface area (Å²) in [5.74, 6) is 0.434. The Balaban J connectivity index is 2.21. The highest BCUT2D eigenvalue weighted by atomic mass is 31.1. The lowest BCUT2D eigenvalue weighted by atomic mass is 9.86. The Bertz CT molecular complexity index is 765. The van der Waals surface area contributed by atoms with Crippen LogP contribution in [0.25, 0.3) is 0 Å². The number of hydrogen-bond donors (Lipinski definition) is 1. The summed E-state index contributed by atoms with van der Waals surface area (Å²) in [5.41, 5.74) is 0.911. The van der Waals surface area contributed by atoms with Crippen molar-refractivity contribution in [3.63, 3.8) is 0 Å². The van der Waals surface area contributed by atoms with E-state index in [4.69, 9.17) is 0 Å². The highest BCUT2D eigenvalue weighted by Gasteiger charge is 2.25. The fourth-order valence-electron chi connectivity index (χ4n) is 2.90. The van der Waals surface area contributed by atoms with Crippen LogP contribution >= 0.6 is 7.92 Å². The molecule has 0 heterocycles. The lowest BCUT2D eigenvalue weighted by molar-refractivity contribution is 0.451. The third kappa shape index (κ3) is 3.37. The molecule has 0 aliphatic rings. The highest BCUT2D eigenvalue weighted by Crippen LogP contribution is 2.39. The summed E-state index contributed by atoms with van der Waals surface area (Å²) in [6, 6.07) is 27.1. The average Bonchev–Trinajstić information content (AvgIpc) is 2.58. The van der Waals surface area contributed by atoms with Gasteiger partial charge in [0.15, 0.2) is 0 Å². The van der Waals surface area contributed by atoms with Crippen LogP contribution in [0.1, 0.15) is 26.3 Å². The molecule has 0 saturated carbocycles. The van der Waals surface area contributed by atoms with Gasteiger partial charge in [0.25, 0.3) is 0 Å². The minimum absolute atomic E-state index is 0.0888. The van der Waals surface area contributed by atoms with Gasteiger partial charge in [-0.1, -0.05) is 99.6 Å². The molecule has 0 radical (unpaired) electrons. The van der Waals surface area contributed by atoms with Gasteiger partial charge in [-0.3, -0.25) is 0 Å². The second-order valence-electron chi connectivity index (χ2n) is 6.93. The molecule has 24 heavy (non-hydrogen) atoms. The van der Waals surface area contributed by atoms with E-state index < -0.39 is 7.92 Å². The molecule has 3 rings (SSSR count). The maximum atomic E-state index is 11.0. The van der Waals surface area contributed by atoms with Crippen LogP contribution in [-0.4, -0.2) is 5.11 Å². The third-order valence-electron chi connectivity index (χ3n) is 4.09. The predicted octanol–water partition coefficient (Wildman–Crippen LogP) is 4.45. The largest absolute Gasteiger partial charge is 0.507 e. The Hall–Kier alpha value is -2.11. The fourth-order valence-corrected chi connectivity index (χ4v) is 5.26. The van der Waals surface area contributed by atoms with Crippen LogP contribution in [0.4, 0.5) is 0 Å². The van der Waals surface area contributed by atoms with E-state index in [1.807, 2.05) is 18.2 Å². The SMILES string of the molecule is CC(C)(C)c1cccc(P(c2ccccc2)c2ccccc2)c1O. The van der Waals surface area contributed by atoms with Gasteiger partial charge in [0, 0.05) is 5.30 Å². The van der Waals surface area contributed by atoms with Gasteiger partial charge in [-0.15, -0.1) is 0 Å². The molecule has 0 aliphatic carbocycles. The van der Waals surface area contributed by atoms with E-state index in [0.29, 0.717) is 5.75 Å². The zero-order valence-electron chi connectivity index (χ0n) is 14.4. The second kappa shape index (κ2) is 6.79. The van der Waals surface area contributed by atoms with Gasteiger partial charge >= 0.3 is 0 Å². The summed E-state index contributed by atoms with van der Waals surface area (Å²) in [7, 11) is -0.780. The quantitative estimate of drug-likeness (QED) is 0.702. The van der Waals surface area contributed by atoms with Crippen molar-refractivity contribution in [2.45, 2.75) is 26.2 Å². The number of rotatable bonds is 3. The first-order chi connectivity index (χ1) is 11.5. The van der Waals surface area contributed by atoms with Crippen molar-refractivity contribution in [1.82, 2.24) is 0 Å². The summed E-state index contributed by atoms with van der Waals surface area (Å²) in [6.45, 7) is 6.41. The van der Waals surface area contributed by atoms with Crippen molar-refractivity contribution < 1.29 is 5.11 Å². The lowest BCUT2D eigenvalue weighted by Gasteiger charge is -2.26. The minimum Gasteiger partial charge on any atom is -0.507 e. The lowest BCUT2D eigenvalue weighted by Crippen LogP contribution is -2.23. The topological polar surface area (TPSA) is 20.2 Å². The van der Waals surface area contributed by atoms with Gasteiger partial charge in [-0.25, -0.2) is 0 Å². The molecule has 1 nitrogen and oxygen atoms in total. The Labute approximate surface area is 145 Å². The molecule has 1 N–H and O–H groups in total. The van der Waals surface area contributed by atoms with Crippen molar-refractivity contribution in [3.8, 4) is 5.75 Å². The van der Waals surface area contributed by atoms with Crippen molar-refractivity contribution in [3.05, 3.63) is 84.4 Å². The van der Waals surface area contributed by atoms with E-state index in [1.54, 1.807) is 0 Å². The van der Waals surface area contributed by atoms with Crippen LogP contribution in [0, 0.1) is 0 Å². The molecular weight excluding hydrogens is 311 g/mol. The van der Waals surface area contributed by atoms with Crippen molar-refractivity contribution in [1.29, 1.82) is 0 Å². The van der Waals surface area contributed by atoms with E-state index in [9.17, 15) is 5.11 Å². The Kier molecular flexibility index (Phi) is 4.73. The molecule has 3 aromatic rings. The molecule has 3 aromatic carbocycles. The molecule has 0 aromatic heterocycles. The number of phenolic OH excluding ortho intramolecular Hbond substituents is 1. The first-order valence-electron chi connectivity index (χ1n) is 8.21. The van der Waals surface area contributed by atoms with Crippen LogP contribution in [-0.2, 0) is 5.41 Å². The van der Waals surface area contributed by atoms with Crippen molar-refractivity contribution in [2.24, 2.45) is 0 Å². The maximum absolute atomic E-state index is 11.0. The zero-order valence-corrected chi connectivity index (χ0v) is 15.3. The molecule has 0 fully saturated rings. The second-order valence-corrected chi connectivity index (χ2v) is 9.12. The summed E-state index contributed by atoms with van der Waals surface area (Å²) < 4.78 is 0. The number of benzene rings is 3. The Morgan fingerprint density at radius 2 is 1.17 bits per heavy atom. The molecule has 0 aliphatic heterocycles. The van der Waals surface area contributed by atoms with E-state index in [-0.39, 0.29) is 5.41 Å². The average molecular weight is 334 g/mol. The van der Waals surface area contributed by atoms with Crippen LogP contribution in [0.15, 0.2) is 78.9 Å². The molecule has 0 saturated heterocycles. The van der Waals surface area contributed by atoms with Gasteiger partial charge in [-0.2, -0.15) is 0 Å². The molecule has 0 spiro atoms. The van der Waals surface area contributed by atoms with Gasteiger partial charge in [0.1, 0.15) is 5.75 Å². The molecule has 2 heteroatoms. The van der Waals surface area contributed by atoms with E-state index >= 15 is 0 Å². The minimum atomic E-state index is -0.780. The molecule has 0 unspecified atom stereocenters. The Morgan fingerprint density at radius 3 is 1.62 bits per heavy atom. The van der Waals surface area contributed by atoms with E-state index in [0.717, 1.165) is 10.9 Å². The van der Waals surface area contributed by atoms with Crippen molar-refractivity contribution in [2.75, 3.05) is 0 Å². The van der Waals surface area contributed by atoms with Gasteiger partial charge < -0.3 is 5.11 Å². The molecule has 0 bridgehead atoms. The molecular formula is C22H23OP. The molecule has 0 atom stereocenters. The number of para-hydroxylation sites is 1. The number of phenols is 1. The number of aromatic hydroxyl groups is 1. The van der Waals surface area contributed by atoms with E-state index in [1.165, 1.54) is 10.6 Å². The van der Waals surface area contributed by atoms with Gasteiger partial charge in [-0.05, 0) is 29.5 Å². The standard InChI is InChI=1S/C22H23OP/c1-22(2,3)19-15-10-16-20(21(19)23)24(17-11-6-4-7-12-17)18-13-8-5-9-14-18/h4-16,23H,1-3H3. The summed E-state index contributed by atoms with van der Waals surface area (Å²) >= 11 is 0. The first-order valence-corrected chi connectivity index (χ1v) is 9.55. The normalized spacial score (nSPS) is 11.7. The van der Waals surface area contributed by atoms with Gasteiger partial charge in [0.05, 0.1) is 0 Å². The number of hydrogen-bond acceptors (Lipinski definition) is 1. The predicted molar refractivity (Wildman–Crippen MR) is 106 cm³/mol. The van der Waals surface area contributed by atoms with Crippen LogP contribution in [0.5, 0.6) is 5.75 Å². The smallest absolute Gasteiger partial charge is 0.127 e. The highest BCUT2D eigenvalue weighted by molar-refractivity contribution is 7.80. The van der Waals surface area contributed by atoms with Crippen molar-refractivity contribution >= 4 is 23.8 Å². The first kappa shape index (κ1) is 16.7. The fraction of sp³-hybridized carbons (Fsp3) is 0.182. The summed E-state index contributed by atoms with van der Waals surface area (Å²) in [5, 5.41) is 14.6. The third-order valence-corrected chi connectivity index (χ3v) is 6.56. The summed E-state index contributed by atoms with van der Waals surface area (Å²) in [6.07, 6.45) is 0. The summed E-state index contributed by atoms with van der Waals surface area (Å²) in [4.78, 5) is 0. The Morgan fingerprint density at radius 1 is 0.667 bits per heavy atom. The van der Waals surface area contributed by atoms with Crippen LogP contribution in [0.2, 0.25) is 0 Å². The maximum Gasteiger partial charge on any atom is 0.127 e. The monoisotopic (exact) mass is 334 g/mol. The van der Waals surface area contributed by atoms with E-state index in [2.05, 4.69) is 81.4 Å². The van der Waals surface area contributed by atoms with Gasteiger partial charge in [0.2, 0.25) is 0 Å². The molecule has 122 valence electrons. The van der Waals surface area contributed by atoms with Crippen LogP contribution < -0.4 is 15.9 Å². The van der Waals surface area contributed by atoms with Crippen LogP contribution in [0.3, 0.4) is 0 Å². The molecule has 0 amide bonds.